The van der Waals surface area contributed by atoms with Crippen LogP contribution in [0.3, 0.4) is 0 Å². The van der Waals surface area contributed by atoms with E-state index in [9.17, 15) is 9.59 Å². The Morgan fingerprint density at radius 3 is 2.35 bits per heavy atom. The van der Waals surface area contributed by atoms with Crippen molar-refractivity contribution in [3.8, 4) is 5.75 Å². The number of aryl methyl sites for hydroxylation is 1. The Hall–Kier alpha value is -2.82. The molecular formula is C18H19NO4. The molecular weight excluding hydrogens is 294 g/mol. The molecule has 0 aliphatic heterocycles. The molecule has 2 aromatic rings. The average Bonchev–Trinajstić information content (AvgIpc) is 2.56. The first-order chi connectivity index (χ1) is 11.0. The molecule has 1 N–H and O–H groups in total. The van der Waals surface area contributed by atoms with Gasteiger partial charge in [0.1, 0.15) is 11.3 Å². The summed E-state index contributed by atoms with van der Waals surface area (Å²) in [6.07, 6.45) is -0.922. The van der Waals surface area contributed by atoms with Crippen molar-refractivity contribution in [2.45, 2.75) is 20.0 Å². The lowest BCUT2D eigenvalue weighted by atomic mass is 10.2. The molecule has 0 bridgehead atoms. The second kappa shape index (κ2) is 7.45. The predicted molar refractivity (Wildman–Crippen MR) is 87.7 cm³/mol. The van der Waals surface area contributed by atoms with Gasteiger partial charge in [-0.3, -0.25) is 4.79 Å². The number of hydrogen-bond donors (Lipinski definition) is 1. The van der Waals surface area contributed by atoms with Gasteiger partial charge in [-0.15, -0.1) is 0 Å². The standard InChI is InChI=1S/C18H19NO4/c1-12-8-10-14(11-9-12)19-17(20)13(2)23-18(21)15-6-4-5-7-16(15)22-3/h4-11,13H,1-3H3,(H,19,20)/t13-/m0/s1. The minimum atomic E-state index is -0.922. The van der Waals surface area contributed by atoms with Crippen LogP contribution in [0.15, 0.2) is 48.5 Å². The van der Waals surface area contributed by atoms with Crippen molar-refractivity contribution in [2.75, 3.05) is 12.4 Å². The number of ether oxygens (including phenoxy) is 2. The van der Waals surface area contributed by atoms with Crippen LogP contribution < -0.4 is 10.1 Å². The quantitative estimate of drug-likeness (QED) is 0.861. The van der Waals surface area contributed by atoms with Gasteiger partial charge in [0.15, 0.2) is 6.10 Å². The SMILES string of the molecule is COc1ccccc1C(=O)O[C@@H](C)C(=O)Nc1ccc(C)cc1. The third kappa shape index (κ3) is 4.32. The zero-order chi connectivity index (χ0) is 16.8. The van der Waals surface area contributed by atoms with Crippen LogP contribution in [0.25, 0.3) is 0 Å². The van der Waals surface area contributed by atoms with Gasteiger partial charge >= 0.3 is 5.97 Å². The lowest BCUT2D eigenvalue weighted by Gasteiger charge is -2.14. The first-order valence-corrected chi connectivity index (χ1v) is 7.23. The Labute approximate surface area is 135 Å². The van der Waals surface area contributed by atoms with Gasteiger partial charge in [0, 0.05) is 5.69 Å². The average molecular weight is 313 g/mol. The topological polar surface area (TPSA) is 64.6 Å². The number of para-hydroxylation sites is 1. The summed E-state index contributed by atoms with van der Waals surface area (Å²) in [5, 5.41) is 2.71. The van der Waals surface area contributed by atoms with Gasteiger partial charge in [0.25, 0.3) is 5.91 Å². The van der Waals surface area contributed by atoms with E-state index in [-0.39, 0.29) is 5.56 Å². The molecule has 2 rings (SSSR count). The number of nitrogens with one attached hydrogen (secondary N) is 1. The van der Waals surface area contributed by atoms with Crippen LogP contribution in [0, 0.1) is 6.92 Å². The number of methoxy groups -OCH3 is 1. The Morgan fingerprint density at radius 2 is 1.70 bits per heavy atom. The lowest BCUT2D eigenvalue weighted by Crippen LogP contribution is -2.30. The van der Waals surface area contributed by atoms with Crippen molar-refractivity contribution in [1.29, 1.82) is 0 Å². The molecule has 0 fully saturated rings. The number of carbonyl (C=O) groups excluding carboxylic acids is 2. The predicted octanol–water partition coefficient (Wildman–Crippen LogP) is 3.19. The summed E-state index contributed by atoms with van der Waals surface area (Å²) < 4.78 is 10.3. The maximum absolute atomic E-state index is 12.2. The molecule has 1 amide bonds. The van der Waals surface area contributed by atoms with E-state index in [0.717, 1.165) is 5.56 Å². The Balaban J connectivity index is 2.00. The Kier molecular flexibility index (Phi) is 5.36. The van der Waals surface area contributed by atoms with E-state index in [4.69, 9.17) is 9.47 Å². The van der Waals surface area contributed by atoms with Gasteiger partial charge in [-0.05, 0) is 38.1 Å². The van der Waals surface area contributed by atoms with Crippen LogP contribution in [-0.2, 0) is 9.53 Å². The molecule has 0 aromatic heterocycles. The second-order valence-corrected chi connectivity index (χ2v) is 5.10. The molecule has 5 heteroatoms. The largest absolute Gasteiger partial charge is 0.496 e. The normalized spacial score (nSPS) is 11.4. The number of hydrogen-bond acceptors (Lipinski definition) is 4. The summed E-state index contributed by atoms with van der Waals surface area (Å²) >= 11 is 0. The van der Waals surface area contributed by atoms with Gasteiger partial charge in [0.2, 0.25) is 0 Å². The Bertz CT molecular complexity index is 694. The molecule has 23 heavy (non-hydrogen) atoms. The maximum atomic E-state index is 12.2. The van der Waals surface area contributed by atoms with Crippen molar-refractivity contribution < 1.29 is 19.1 Å². The minimum Gasteiger partial charge on any atom is -0.496 e. The van der Waals surface area contributed by atoms with Gasteiger partial charge < -0.3 is 14.8 Å². The molecule has 0 aliphatic carbocycles. The van der Waals surface area contributed by atoms with E-state index < -0.39 is 18.0 Å². The molecule has 0 aliphatic rings. The zero-order valence-corrected chi connectivity index (χ0v) is 13.3. The first-order valence-electron chi connectivity index (χ1n) is 7.23. The van der Waals surface area contributed by atoms with Gasteiger partial charge in [-0.2, -0.15) is 0 Å². The number of benzene rings is 2. The molecule has 0 unspecified atom stereocenters. The van der Waals surface area contributed by atoms with E-state index >= 15 is 0 Å². The summed E-state index contributed by atoms with van der Waals surface area (Å²) in [6, 6.07) is 14.1. The molecule has 5 nitrogen and oxygen atoms in total. The highest BCUT2D eigenvalue weighted by Gasteiger charge is 2.21. The fourth-order valence-corrected chi connectivity index (χ4v) is 1.97. The monoisotopic (exact) mass is 313 g/mol. The highest BCUT2D eigenvalue weighted by Crippen LogP contribution is 2.19. The molecule has 0 saturated heterocycles. The van der Waals surface area contributed by atoms with Crippen LogP contribution >= 0.6 is 0 Å². The fourth-order valence-electron chi connectivity index (χ4n) is 1.97. The third-order valence-electron chi connectivity index (χ3n) is 3.30. The maximum Gasteiger partial charge on any atom is 0.342 e. The molecule has 1 atom stereocenters. The second-order valence-electron chi connectivity index (χ2n) is 5.10. The van der Waals surface area contributed by atoms with E-state index in [1.54, 1.807) is 36.4 Å². The van der Waals surface area contributed by atoms with Crippen LogP contribution in [0.1, 0.15) is 22.8 Å². The molecule has 0 radical (unpaired) electrons. The zero-order valence-electron chi connectivity index (χ0n) is 13.3. The number of amides is 1. The summed E-state index contributed by atoms with van der Waals surface area (Å²) in [5.74, 6) is -0.588. The summed E-state index contributed by atoms with van der Waals surface area (Å²) in [4.78, 5) is 24.3. The number of anilines is 1. The van der Waals surface area contributed by atoms with E-state index in [2.05, 4.69) is 5.32 Å². The third-order valence-corrected chi connectivity index (χ3v) is 3.30. The number of esters is 1. The van der Waals surface area contributed by atoms with Crippen molar-refractivity contribution in [3.05, 3.63) is 59.7 Å². The van der Waals surface area contributed by atoms with Crippen LogP contribution in [-0.4, -0.2) is 25.1 Å². The molecule has 0 saturated carbocycles. The number of rotatable bonds is 5. The van der Waals surface area contributed by atoms with Crippen molar-refractivity contribution in [2.24, 2.45) is 0 Å². The fraction of sp³-hybridized carbons (Fsp3) is 0.222. The van der Waals surface area contributed by atoms with Gasteiger partial charge in [-0.1, -0.05) is 29.8 Å². The van der Waals surface area contributed by atoms with Crippen molar-refractivity contribution in [1.82, 2.24) is 0 Å². The van der Waals surface area contributed by atoms with Crippen LogP contribution in [0.5, 0.6) is 5.75 Å². The smallest absolute Gasteiger partial charge is 0.342 e. The molecule has 120 valence electrons. The van der Waals surface area contributed by atoms with Crippen molar-refractivity contribution >= 4 is 17.6 Å². The summed E-state index contributed by atoms with van der Waals surface area (Å²) in [6.45, 7) is 3.49. The molecule has 0 spiro atoms. The molecule has 2 aromatic carbocycles. The van der Waals surface area contributed by atoms with Crippen molar-refractivity contribution in [3.63, 3.8) is 0 Å². The van der Waals surface area contributed by atoms with Gasteiger partial charge in [0.05, 0.1) is 7.11 Å². The Morgan fingerprint density at radius 1 is 1.04 bits per heavy atom. The summed E-state index contributed by atoms with van der Waals surface area (Å²) in [7, 11) is 1.47. The summed E-state index contributed by atoms with van der Waals surface area (Å²) in [5.41, 5.74) is 2.03. The van der Waals surface area contributed by atoms with E-state index in [0.29, 0.717) is 11.4 Å². The number of carbonyl (C=O) groups is 2. The van der Waals surface area contributed by atoms with E-state index in [1.165, 1.54) is 14.0 Å². The van der Waals surface area contributed by atoms with E-state index in [1.807, 2.05) is 19.1 Å². The highest BCUT2D eigenvalue weighted by molar-refractivity contribution is 5.98. The first kappa shape index (κ1) is 16.5. The van der Waals surface area contributed by atoms with Crippen LogP contribution in [0.4, 0.5) is 5.69 Å². The lowest BCUT2D eigenvalue weighted by molar-refractivity contribution is -0.123. The van der Waals surface area contributed by atoms with Crippen LogP contribution in [0.2, 0.25) is 0 Å². The van der Waals surface area contributed by atoms with Gasteiger partial charge in [-0.25, -0.2) is 4.79 Å². The minimum absolute atomic E-state index is 0.282. The highest BCUT2D eigenvalue weighted by atomic mass is 16.5. The molecule has 0 heterocycles.